The van der Waals surface area contributed by atoms with Gasteiger partial charge in [-0.2, -0.15) is 0 Å². The van der Waals surface area contributed by atoms with Crippen molar-refractivity contribution < 1.29 is 9.84 Å². The molecule has 0 spiro atoms. The normalized spacial score (nSPS) is 17.9. The van der Waals surface area contributed by atoms with Crippen LogP contribution in [0.25, 0.3) is 0 Å². The first kappa shape index (κ1) is 11.7. The molecular weight excluding hydrogens is 226 g/mol. The molecule has 1 aromatic rings. The van der Waals surface area contributed by atoms with Crippen molar-refractivity contribution in [3.63, 3.8) is 0 Å². The van der Waals surface area contributed by atoms with Gasteiger partial charge in [0.05, 0.1) is 12.2 Å². The number of hydrogen-bond acceptors (Lipinski definition) is 3. The van der Waals surface area contributed by atoms with E-state index in [1.807, 2.05) is 19.1 Å². The molecule has 2 N–H and O–H groups in total. The minimum Gasteiger partial charge on any atom is -0.494 e. The maximum Gasteiger partial charge on any atom is 0.122 e. The van der Waals surface area contributed by atoms with E-state index in [0.717, 1.165) is 11.3 Å². The Morgan fingerprint density at radius 2 is 2.25 bits per heavy atom. The van der Waals surface area contributed by atoms with Crippen molar-refractivity contribution >= 4 is 11.6 Å². The van der Waals surface area contributed by atoms with Gasteiger partial charge in [0, 0.05) is 24.5 Å². The second-order valence-electron chi connectivity index (χ2n) is 4.19. The summed E-state index contributed by atoms with van der Waals surface area (Å²) in [7, 11) is 0. The second-order valence-corrected chi connectivity index (χ2v) is 4.63. The van der Waals surface area contributed by atoms with Crippen molar-refractivity contribution in [3.05, 3.63) is 28.8 Å². The Balaban J connectivity index is 2.19. The van der Waals surface area contributed by atoms with Gasteiger partial charge < -0.3 is 15.2 Å². The highest BCUT2D eigenvalue weighted by molar-refractivity contribution is 6.30. The van der Waals surface area contributed by atoms with Crippen LogP contribution in [0.2, 0.25) is 5.02 Å². The van der Waals surface area contributed by atoms with Crippen LogP contribution in [0, 0.1) is 0 Å². The molecule has 0 unspecified atom stereocenters. The van der Waals surface area contributed by atoms with E-state index in [-0.39, 0.29) is 0 Å². The first-order valence-electron chi connectivity index (χ1n) is 5.47. The predicted octanol–water partition coefficient (Wildman–Crippen LogP) is 1.62. The Kier molecular flexibility index (Phi) is 3.38. The first-order valence-corrected chi connectivity index (χ1v) is 5.85. The predicted molar refractivity (Wildman–Crippen MR) is 64.1 cm³/mol. The van der Waals surface area contributed by atoms with Crippen LogP contribution in [0.1, 0.15) is 12.5 Å². The van der Waals surface area contributed by atoms with Gasteiger partial charge >= 0.3 is 0 Å². The van der Waals surface area contributed by atoms with Crippen LogP contribution in [0.4, 0.5) is 0 Å². The van der Waals surface area contributed by atoms with Gasteiger partial charge in [-0.1, -0.05) is 11.6 Å². The van der Waals surface area contributed by atoms with Crippen LogP contribution in [0.15, 0.2) is 18.2 Å². The smallest absolute Gasteiger partial charge is 0.122 e. The van der Waals surface area contributed by atoms with Gasteiger partial charge in [-0.15, -0.1) is 0 Å². The number of hydrogen-bond donors (Lipinski definition) is 2. The Hall–Kier alpha value is -0.770. The van der Waals surface area contributed by atoms with Gasteiger partial charge in [0.25, 0.3) is 0 Å². The lowest BCUT2D eigenvalue weighted by Crippen LogP contribution is -2.60. The molecule has 1 saturated heterocycles. The molecule has 2 rings (SSSR count). The zero-order valence-electron chi connectivity index (χ0n) is 9.29. The van der Waals surface area contributed by atoms with E-state index >= 15 is 0 Å². The first-order chi connectivity index (χ1) is 7.63. The zero-order valence-corrected chi connectivity index (χ0v) is 10.0. The van der Waals surface area contributed by atoms with Gasteiger partial charge in [-0.25, -0.2) is 0 Å². The van der Waals surface area contributed by atoms with Gasteiger partial charge in [0.2, 0.25) is 0 Å². The number of rotatable bonds is 4. The monoisotopic (exact) mass is 241 g/mol. The number of benzene rings is 1. The third kappa shape index (κ3) is 2.48. The maximum absolute atomic E-state index is 10.1. The summed E-state index contributed by atoms with van der Waals surface area (Å²) in [4.78, 5) is 0. The highest BCUT2D eigenvalue weighted by Crippen LogP contribution is 2.28. The fraction of sp³-hybridized carbons (Fsp3) is 0.500. The van der Waals surface area contributed by atoms with Gasteiger partial charge in [-0.05, 0) is 30.7 Å². The summed E-state index contributed by atoms with van der Waals surface area (Å²) in [5.41, 5.74) is 0.328. The number of ether oxygens (including phenoxy) is 1. The van der Waals surface area contributed by atoms with Gasteiger partial charge in [0.1, 0.15) is 5.75 Å². The van der Waals surface area contributed by atoms with E-state index in [0.29, 0.717) is 31.1 Å². The minimum atomic E-state index is -0.642. The molecule has 0 amide bonds. The standard InChI is InChI=1S/C12H16ClNO2/c1-2-16-11-4-3-10(13)5-9(11)6-12(15)7-14-8-12/h3-5,14-15H,2,6-8H2,1H3. The van der Waals surface area contributed by atoms with Crippen LogP contribution in [-0.4, -0.2) is 30.4 Å². The van der Waals surface area contributed by atoms with Crippen molar-refractivity contribution in [2.24, 2.45) is 0 Å². The lowest BCUT2D eigenvalue weighted by molar-refractivity contribution is -0.00950. The molecule has 0 saturated carbocycles. The van der Waals surface area contributed by atoms with Crippen molar-refractivity contribution in [1.82, 2.24) is 5.32 Å². The molecule has 0 bridgehead atoms. The largest absolute Gasteiger partial charge is 0.494 e. The molecule has 1 aliphatic heterocycles. The Morgan fingerprint density at radius 1 is 1.50 bits per heavy atom. The third-order valence-electron chi connectivity index (χ3n) is 2.75. The maximum atomic E-state index is 10.1. The molecule has 1 aromatic carbocycles. The van der Waals surface area contributed by atoms with Crippen LogP contribution in [0.5, 0.6) is 5.75 Å². The molecule has 3 nitrogen and oxygen atoms in total. The fourth-order valence-corrected chi connectivity index (χ4v) is 2.07. The molecule has 1 aliphatic rings. The van der Waals surface area contributed by atoms with Crippen LogP contribution < -0.4 is 10.1 Å². The SMILES string of the molecule is CCOc1ccc(Cl)cc1CC1(O)CNC1. The second kappa shape index (κ2) is 4.62. The summed E-state index contributed by atoms with van der Waals surface area (Å²) >= 11 is 5.95. The van der Waals surface area contributed by atoms with E-state index in [1.165, 1.54) is 0 Å². The Labute approximate surface area is 100 Å². The van der Waals surface area contributed by atoms with Crippen molar-refractivity contribution in [2.75, 3.05) is 19.7 Å². The van der Waals surface area contributed by atoms with E-state index in [2.05, 4.69) is 5.32 Å². The summed E-state index contributed by atoms with van der Waals surface area (Å²) in [5, 5.41) is 13.8. The van der Waals surface area contributed by atoms with Crippen molar-refractivity contribution in [3.8, 4) is 5.75 Å². The molecule has 4 heteroatoms. The van der Waals surface area contributed by atoms with Crippen molar-refractivity contribution in [2.45, 2.75) is 18.9 Å². The molecule has 1 fully saturated rings. The summed E-state index contributed by atoms with van der Waals surface area (Å²) in [6.45, 7) is 3.82. The molecule has 16 heavy (non-hydrogen) atoms. The molecule has 0 aromatic heterocycles. The summed E-state index contributed by atoms with van der Waals surface area (Å²) in [6.07, 6.45) is 0.579. The molecule has 0 aliphatic carbocycles. The molecule has 0 atom stereocenters. The zero-order chi connectivity index (χ0) is 11.6. The number of halogens is 1. The summed E-state index contributed by atoms with van der Waals surface area (Å²) < 4.78 is 5.52. The molecular formula is C12H16ClNO2. The van der Waals surface area contributed by atoms with Crippen LogP contribution >= 0.6 is 11.6 Å². The summed E-state index contributed by atoms with van der Waals surface area (Å²) in [6, 6.07) is 5.53. The van der Waals surface area contributed by atoms with Crippen LogP contribution in [-0.2, 0) is 6.42 Å². The average Bonchev–Trinajstić information content (AvgIpc) is 2.20. The van der Waals surface area contributed by atoms with E-state index in [4.69, 9.17) is 16.3 Å². The fourth-order valence-electron chi connectivity index (χ4n) is 1.88. The topological polar surface area (TPSA) is 41.5 Å². The Bertz CT molecular complexity index is 377. The lowest BCUT2D eigenvalue weighted by Gasteiger charge is -2.38. The Morgan fingerprint density at radius 3 is 2.81 bits per heavy atom. The number of nitrogens with one attached hydrogen (secondary N) is 1. The highest BCUT2D eigenvalue weighted by Gasteiger charge is 2.35. The number of β-amino-alcohol motifs (C(OH)–C–C–N with tert-alkyl or cyclic N) is 1. The van der Waals surface area contributed by atoms with E-state index < -0.39 is 5.60 Å². The van der Waals surface area contributed by atoms with Gasteiger partial charge in [0.15, 0.2) is 0 Å². The summed E-state index contributed by atoms with van der Waals surface area (Å²) in [5.74, 6) is 0.812. The molecule has 0 radical (unpaired) electrons. The van der Waals surface area contributed by atoms with Crippen molar-refractivity contribution in [1.29, 1.82) is 0 Å². The van der Waals surface area contributed by atoms with Crippen LogP contribution in [0.3, 0.4) is 0 Å². The molecule has 1 heterocycles. The number of aliphatic hydroxyl groups is 1. The van der Waals surface area contributed by atoms with Gasteiger partial charge in [-0.3, -0.25) is 0 Å². The average molecular weight is 242 g/mol. The quantitative estimate of drug-likeness (QED) is 0.842. The van der Waals surface area contributed by atoms with E-state index in [9.17, 15) is 5.11 Å². The lowest BCUT2D eigenvalue weighted by atomic mass is 9.89. The minimum absolute atomic E-state index is 0.579. The molecule has 88 valence electrons. The highest BCUT2D eigenvalue weighted by atomic mass is 35.5. The third-order valence-corrected chi connectivity index (χ3v) is 2.99. The van der Waals surface area contributed by atoms with E-state index in [1.54, 1.807) is 6.07 Å².